The summed E-state index contributed by atoms with van der Waals surface area (Å²) in [6, 6.07) is 7.23. The van der Waals surface area contributed by atoms with Crippen molar-refractivity contribution in [2.45, 2.75) is 19.4 Å². The van der Waals surface area contributed by atoms with Crippen LogP contribution in [0.5, 0.6) is 0 Å². The molecule has 0 saturated carbocycles. The van der Waals surface area contributed by atoms with E-state index in [2.05, 4.69) is 6.58 Å². The molecule has 0 radical (unpaired) electrons. The fraction of sp³-hybridized carbons (Fsp3) is 0.333. The summed E-state index contributed by atoms with van der Waals surface area (Å²) in [6.45, 7) is 7.40. The first kappa shape index (κ1) is 11.3. The van der Waals surface area contributed by atoms with Crippen LogP contribution in [0.3, 0.4) is 0 Å². The normalized spacial score (nSPS) is 17.1. The number of hydrogen-bond donors (Lipinski definition) is 1. The van der Waals surface area contributed by atoms with Crippen LogP contribution in [-0.2, 0) is 5.60 Å². The Morgan fingerprint density at radius 1 is 1.43 bits per heavy atom. The van der Waals surface area contributed by atoms with E-state index in [9.17, 15) is 5.11 Å². The van der Waals surface area contributed by atoms with Gasteiger partial charge in [-0.3, -0.25) is 0 Å². The van der Waals surface area contributed by atoms with E-state index in [1.165, 1.54) is 0 Å². The molecule has 0 aliphatic heterocycles. The van der Waals surface area contributed by atoms with E-state index in [0.29, 0.717) is 5.02 Å². The molecule has 1 aromatic rings. The van der Waals surface area contributed by atoms with Crippen molar-refractivity contribution in [3.63, 3.8) is 0 Å². The van der Waals surface area contributed by atoms with Crippen LogP contribution < -0.4 is 0 Å². The molecule has 2 atom stereocenters. The zero-order valence-electron chi connectivity index (χ0n) is 8.50. The maximum atomic E-state index is 10.2. The lowest BCUT2D eigenvalue weighted by atomic mass is 9.84. The van der Waals surface area contributed by atoms with Gasteiger partial charge in [-0.15, -0.1) is 6.58 Å². The largest absolute Gasteiger partial charge is 0.385 e. The number of aliphatic hydroxyl groups is 1. The number of hydrogen-bond acceptors (Lipinski definition) is 1. The topological polar surface area (TPSA) is 20.2 Å². The Morgan fingerprint density at radius 2 is 1.93 bits per heavy atom. The molecule has 0 bridgehead atoms. The highest BCUT2D eigenvalue weighted by Crippen LogP contribution is 2.30. The van der Waals surface area contributed by atoms with Crippen LogP contribution in [-0.4, -0.2) is 5.11 Å². The molecule has 0 spiro atoms. The van der Waals surface area contributed by atoms with E-state index in [1.54, 1.807) is 25.1 Å². The Hall–Kier alpha value is -0.790. The second-order valence-corrected chi connectivity index (χ2v) is 4.12. The highest BCUT2D eigenvalue weighted by atomic mass is 35.5. The van der Waals surface area contributed by atoms with Crippen LogP contribution in [0.2, 0.25) is 5.02 Å². The highest BCUT2D eigenvalue weighted by Gasteiger charge is 2.27. The summed E-state index contributed by atoms with van der Waals surface area (Å²) >= 11 is 5.77. The second kappa shape index (κ2) is 4.16. The van der Waals surface area contributed by atoms with E-state index >= 15 is 0 Å². The van der Waals surface area contributed by atoms with Crippen molar-refractivity contribution in [1.82, 2.24) is 0 Å². The van der Waals surface area contributed by atoms with Crippen LogP contribution in [0, 0.1) is 5.92 Å². The Balaban J connectivity index is 3.03. The van der Waals surface area contributed by atoms with Gasteiger partial charge in [0.05, 0.1) is 5.60 Å². The third-order valence-corrected chi connectivity index (χ3v) is 2.92. The minimum Gasteiger partial charge on any atom is -0.385 e. The van der Waals surface area contributed by atoms with Crippen LogP contribution in [0.15, 0.2) is 36.9 Å². The molecule has 0 aromatic heterocycles. The molecule has 0 fully saturated rings. The first-order valence-electron chi connectivity index (χ1n) is 4.59. The van der Waals surface area contributed by atoms with Gasteiger partial charge in [0.2, 0.25) is 0 Å². The Morgan fingerprint density at radius 3 is 2.36 bits per heavy atom. The first-order valence-corrected chi connectivity index (χ1v) is 4.97. The van der Waals surface area contributed by atoms with Crippen LogP contribution in [0.4, 0.5) is 0 Å². The van der Waals surface area contributed by atoms with Gasteiger partial charge in [-0.05, 0) is 24.6 Å². The summed E-state index contributed by atoms with van der Waals surface area (Å²) < 4.78 is 0. The summed E-state index contributed by atoms with van der Waals surface area (Å²) in [5.41, 5.74) is -0.0268. The number of benzene rings is 1. The quantitative estimate of drug-likeness (QED) is 0.759. The molecule has 1 nitrogen and oxygen atoms in total. The highest BCUT2D eigenvalue weighted by molar-refractivity contribution is 6.30. The van der Waals surface area contributed by atoms with Crippen molar-refractivity contribution in [3.8, 4) is 0 Å². The number of rotatable bonds is 3. The maximum absolute atomic E-state index is 10.2. The number of halogens is 1. The van der Waals surface area contributed by atoms with Gasteiger partial charge in [0.15, 0.2) is 0 Å². The molecule has 0 unspecified atom stereocenters. The van der Waals surface area contributed by atoms with Gasteiger partial charge in [0.25, 0.3) is 0 Å². The van der Waals surface area contributed by atoms with Crippen molar-refractivity contribution in [3.05, 3.63) is 47.5 Å². The van der Waals surface area contributed by atoms with Crippen molar-refractivity contribution in [2.75, 3.05) is 0 Å². The molecule has 0 saturated heterocycles. The molecule has 0 aliphatic rings. The molecular weight excluding hydrogens is 196 g/mol. The minimum atomic E-state index is -0.883. The van der Waals surface area contributed by atoms with E-state index in [4.69, 9.17) is 11.6 Å². The van der Waals surface area contributed by atoms with Gasteiger partial charge in [-0.1, -0.05) is 36.7 Å². The average molecular weight is 211 g/mol. The van der Waals surface area contributed by atoms with Crippen LogP contribution in [0.25, 0.3) is 0 Å². The SMILES string of the molecule is C=C[C@@H](C)[C@](C)(O)c1ccc(Cl)cc1. The van der Waals surface area contributed by atoms with Gasteiger partial charge in [0.1, 0.15) is 0 Å². The third-order valence-electron chi connectivity index (χ3n) is 2.67. The monoisotopic (exact) mass is 210 g/mol. The second-order valence-electron chi connectivity index (χ2n) is 3.68. The van der Waals surface area contributed by atoms with Crippen molar-refractivity contribution in [1.29, 1.82) is 0 Å². The van der Waals surface area contributed by atoms with Crippen molar-refractivity contribution >= 4 is 11.6 Å². The van der Waals surface area contributed by atoms with Gasteiger partial charge in [0, 0.05) is 10.9 Å². The van der Waals surface area contributed by atoms with E-state index in [0.717, 1.165) is 5.56 Å². The van der Waals surface area contributed by atoms with Crippen LogP contribution in [0.1, 0.15) is 19.4 Å². The Labute approximate surface area is 90.0 Å². The smallest absolute Gasteiger partial charge is 0.0928 e. The van der Waals surface area contributed by atoms with Crippen LogP contribution >= 0.6 is 11.6 Å². The van der Waals surface area contributed by atoms with E-state index in [-0.39, 0.29) is 5.92 Å². The fourth-order valence-corrected chi connectivity index (χ4v) is 1.41. The summed E-state index contributed by atoms with van der Waals surface area (Å²) in [4.78, 5) is 0. The lowest BCUT2D eigenvalue weighted by Crippen LogP contribution is -2.28. The predicted octanol–water partition coefficient (Wildman–Crippen LogP) is 3.37. The zero-order chi connectivity index (χ0) is 10.8. The van der Waals surface area contributed by atoms with Gasteiger partial charge < -0.3 is 5.11 Å². The van der Waals surface area contributed by atoms with Gasteiger partial charge in [-0.2, -0.15) is 0 Å². The molecule has 14 heavy (non-hydrogen) atoms. The molecule has 0 heterocycles. The summed E-state index contributed by atoms with van der Waals surface area (Å²) in [5.74, 6) is 0.00340. The minimum absolute atomic E-state index is 0.00340. The van der Waals surface area contributed by atoms with E-state index in [1.807, 2.05) is 19.1 Å². The van der Waals surface area contributed by atoms with Gasteiger partial charge in [-0.25, -0.2) is 0 Å². The molecule has 1 rings (SSSR count). The van der Waals surface area contributed by atoms with Crippen molar-refractivity contribution in [2.24, 2.45) is 5.92 Å². The Kier molecular flexibility index (Phi) is 3.35. The standard InChI is InChI=1S/C12H15ClO/c1-4-9(2)12(3,14)10-5-7-11(13)8-6-10/h4-9,14H,1H2,2-3H3/t9-,12+/m1/s1. The molecule has 0 amide bonds. The van der Waals surface area contributed by atoms with E-state index < -0.39 is 5.60 Å². The lowest BCUT2D eigenvalue weighted by molar-refractivity contribution is 0.0205. The fourth-order valence-electron chi connectivity index (χ4n) is 1.28. The predicted molar refractivity (Wildman–Crippen MR) is 60.4 cm³/mol. The molecule has 76 valence electrons. The van der Waals surface area contributed by atoms with Gasteiger partial charge >= 0.3 is 0 Å². The first-order chi connectivity index (χ1) is 6.48. The molecule has 1 aromatic carbocycles. The summed E-state index contributed by atoms with van der Waals surface area (Å²) in [5, 5.41) is 10.9. The molecule has 2 heteroatoms. The van der Waals surface area contributed by atoms with Crippen molar-refractivity contribution < 1.29 is 5.11 Å². The average Bonchev–Trinajstić information content (AvgIpc) is 2.17. The summed E-state index contributed by atoms with van der Waals surface area (Å²) in [6.07, 6.45) is 1.74. The Bertz CT molecular complexity index is 314. The zero-order valence-corrected chi connectivity index (χ0v) is 9.25. The third kappa shape index (κ3) is 2.17. The maximum Gasteiger partial charge on any atom is 0.0928 e. The molecular formula is C12H15ClO. The molecule has 1 N–H and O–H groups in total. The lowest BCUT2D eigenvalue weighted by Gasteiger charge is -2.28. The molecule has 0 aliphatic carbocycles. The summed E-state index contributed by atoms with van der Waals surface area (Å²) in [7, 11) is 0.